The maximum absolute atomic E-state index is 12.5. The largest absolute Gasteiger partial charge is 0.427 e. The van der Waals surface area contributed by atoms with Crippen LogP contribution in [0.25, 0.3) is 10.9 Å². The molecule has 0 atom stereocenters. The number of hydrogen-bond acceptors (Lipinski definition) is 4. The fraction of sp³-hybridized carbons (Fsp3) is 0.0833. The number of anilines is 1. The molecule has 0 spiro atoms. The lowest BCUT2D eigenvalue weighted by Gasteiger charge is -2.04. The third kappa shape index (κ3) is 3.14. The van der Waals surface area contributed by atoms with Crippen LogP contribution in [0.2, 0.25) is 5.02 Å². The van der Waals surface area contributed by atoms with Crippen LogP contribution in [0.5, 0.6) is 0 Å². The molecule has 0 saturated heterocycles. The van der Waals surface area contributed by atoms with Crippen molar-refractivity contribution in [2.75, 3.05) is 4.72 Å². The predicted octanol–water partition coefficient (Wildman–Crippen LogP) is 4.10. The summed E-state index contributed by atoms with van der Waals surface area (Å²) < 4.78 is 64.3. The summed E-state index contributed by atoms with van der Waals surface area (Å²) in [6, 6.07) is 4.56. The number of nitrogens with zero attached hydrogens (tertiary/aromatic N) is 1. The molecular formula is C12H7ClF3N3O2S2. The summed E-state index contributed by atoms with van der Waals surface area (Å²) in [6.45, 7) is 0. The summed E-state index contributed by atoms with van der Waals surface area (Å²) in [5.74, 6) is 0. The van der Waals surface area contributed by atoms with Crippen LogP contribution in [-0.4, -0.2) is 18.4 Å². The van der Waals surface area contributed by atoms with E-state index < -0.39 is 21.1 Å². The van der Waals surface area contributed by atoms with E-state index in [9.17, 15) is 21.6 Å². The molecule has 11 heteroatoms. The van der Waals surface area contributed by atoms with Crippen LogP contribution in [0, 0.1) is 0 Å². The van der Waals surface area contributed by atoms with Gasteiger partial charge in [-0.1, -0.05) is 22.9 Å². The molecule has 122 valence electrons. The Labute approximate surface area is 137 Å². The van der Waals surface area contributed by atoms with E-state index in [1.807, 2.05) is 4.72 Å². The maximum Gasteiger partial charge on any atom is 0.427 e. The predicted molar refractivity (Wildman–Crippen MR) is 81.2 cm³/mol. The Morgan fingerprint density at radius 2 is 2.04 bits per heavy atom. The molecule has 2 heterocycles. The van der Waals surface area contributed by atoms with Gasteiger partial charge < -0.3 is 4.98 Å². The molecule has 2 aromatic heterocycles. The Morgan fingerprint density at radius 3 is 2.70 bits per heavy atom. The second-order valence-electron chi connectivity index (χ2n) is 4.48. The monoisotopic (exact) mass is 381 g/mol. The van der Waals surface area contributed by atoms with Gasteiger partial charge in [-0.3, -0.25) is 4.72 Å². The Balaban J connectivity index is 1.96. The van der Waals surface area contributed by atoms with Crippen molar-refractivity contribution in [1.82, 2.24) is 9.97 Å². The van der Waals surface area contributed by atoms with Gasteiger partial charge in [0.2, 0.25) is 0 Å². The number of aromatic nitrogens is 2. The zero-order valence-electron chi connectivity index (χ0n) is 11.0. The van der Waals surface area contributed by atoms with Gasteiger partial charge in [-0.2, -0.15) is 13.2 Å². The number of alkyl halides is 3. The van der Waals surface area contributed by atoms with Crippen molar-refractivity contribution in [2.45, 2.75) is 11.1 Å². The average molecular weight is 382 g/mol. The third-order valence-electron chi connectivity index (χ3n) is 2.90. The van der Waals surface area contributed by atoms with E-state index in [4.69, 9.17) is 11.6 Å². The Morgan fingerprint density at radius 1 is 1.30 bits per heavy atom. The lowest BCUT2D eigenvalue weighted by Crippen LogP contribution is -2.12. The van der Waals surface area contributed by atoms with Crippen molar-refractivity contribution in [1.29, 1.82) is 0 Å². The molecular weight excluding hydrogens is 375 g/mol. The molecule has 0 aliphatic heterocycles. The third-order valence-corrected chi connectivity index (χ3v) is 5.60. The molecule has 0 radical (unpaired) electrons. The van der Waals surface area contributed by atoms with Crippen LogP contribution in [-0.2, 0) is 16.2 Å². The Hall–Kier alpha value is -1.78. The maximum atomic E-state index is 12.5. The van der Waals surface area contributed by atoms with E-state index in [1.165, 1.54) is 18.3 Å². The zero-order chi connectivity index (χ0) is 16.8. The van der Waals surface area contributed by atoms with Gasteiger partial charge >= 0.3 is 6.18 Å². The van der Waals surface area contributed by atoms with E-state index in [1.54, 1.807) is 6.07 Å². The van der Waals surface area contributed by atoms with Gasteiger partial charge in [-0.15, -0.1) is 0 Å². The Bertz CT molecular complexity index is 979. The molecule has 0 aliphatic carbocycles. The van der Waals surface area contributed by atoms with Crippen LogP contribution in [0.3, 0.4) is 0 Å². The molecule has 0 unspecified atom stereocenters. The van der Waals surface area contributed by atoms with Crippen LogP contribution >= 0.6 is 22.9 Å². The van der Waals surface area contributed by atoms with Crippen LogP contribution in [0.1, 0.15) is 4.88 Å². The van der Waals surface area contributed by atoms with Gasteiger partial charge in [0.1, 0.15) is 9.77 Å². The lowest BCUT2D eigenvalue weighted by molar-refractivity contribution is -0.134. The average Bonchev–Trinajstić information content (AvgIpc) is 3.03. The number of rotatable bonds is 3. The topological polar surface area (TPSA) is 74.8 Å². The number of fused-ring (bicyclic) bond motifs is 1. The SMILES string of the molecule is O=S(=O)(Nc1ncc(C(F)(F)F)s1)c1c[nH]c2cc(Cl)ccc12. The van der Waals surface area contributed by atoms with Crippen molar-refractivity contribution >= 4 is 49.0 Å². The number of hydrogen-bond donors (Lipinski definition) is 2. The van der Waals surface area contributed by atoms with E-state index in [-0.39, 0.29) is 21.4 Å². The summed E-state index contributed by atoms with van der Waals surface area (Å²) >= 11 is 6.03. The molecule has 0 aliphatic rings. The zero-order valence-corrected chi connectivity index (χ0v) is 13.4. The van der Waals surface area contributed by atoms with Crippen molar-refractivity contribution < 1.29 is 21.6 Å². The number of benzene rings is 1. The minimum atomic E-state index is -4.57. The molecule has 23 heavy (non-hydrogen) atoms. The molecule has 0 amide bonds. The Kier molecular flexibility index (Phi) is 3.77. The van der Waals surface area contributed by atoms with Gasteiger partial charge in [0, 0.05) is 22.1 Å². The number of halogens is 4. The fourth-order valence-corrected chi connectivity index (χ4v) is 4.19. The molecule has 0 fully saturated rings. The van der Waals surface area contributed by atoms with Crippen molar-refractivity contribution in [3.8, 4) is 0 Å². The van der Waals surface area contributed by atoms with Gasteiger partial charge in [0.05, 0.1) is 6.20 Å². The van der Waals surface area contributed by atoms with Crippen LogP contribution < -0.4 is 4.72 Å². The number of H-pyrrole nitrogens is 1. The minimum Gasteiger partial charge on any atom is -0.360 e. The number of aromatic amines is 1. The molecule has 0 saturated carbocycles. The summed E-state index contributed by atoms with van der Waals surface area (Å²) in [4.78, 5) is 5.11. The summed E-state index contributed by atoms with van der Waals surface area (Å²) in [6.07, 6.45) is -2.75. The molecule has 2 N–H and O–H groups in total. The fourth-order valence-electron chi connectivity index (χ4n) is 1.92. The summed E-state index contributed by atoms with van der Waals surface area (Å²) in [5.41, 5.74) is 0.494. The van der Waals surface area contributed by atoms with E-state index >= 15 is 0 Å². The standard InChI is InChI=1S/C12H7ClF3N3O2S2/c13-6-1-2-7-8(3-6)17-4-9(7)23(20,21)19-11-18-5-10(22-11)12(14,15)16/h1-5,17H,(H,18,19). The highest BCUT2D eigenvalue weighted by molar-refractivity contribution is 7.93. The minimum absolute atomic E-state index is 0.104. The second kappa shape index (κ2) is 5.39. The highest BCUT2D eigenvalue weighted by Crippen LogP contribution is 2.36. The van der Waals surface area contributed by atoms with Crippen molar-refractivity contribution in [3.63, 3.8) is 0 Å². The van der Waals surface area contributed by atoms with E-state index in [0.29, 0.717) is 22.1 Å². The number of nitrogens with one attached hydrogen (secondary N) is 2. The molecule has 0 bridgehead atoms. The number of sulfonamides is 1. The van der Waals surface area contributed by atoms with Gasteiger partial charge in [-0.25, -0.2) is 13.4 Å². The van der Waals surface area contributed by atoms with E-state index in [0.717, 1.165) is 0 Å². The molecule has 1 aromatic carbocycles. The smallest absolute Gasteiger partial charge is 0.360 e. The van der Waals surface area contributed by atoms with Crippen LogP contribution in [0.15, 0.2) is 35.5 Å². The first kappa shape index (κ1) is 16.1. The summed E-state index contributed by atoms with van der Waals surface area (Å²) in [7, 11) is -4.09. The summed E-state index contributed by atoms with van der Waals surface area (Å²) in [5, 5.41) is 0.432. The van der Waals surface area contributed by atoms with Gasteiger partial charge in [-0.05, 0) is 18.2 Å². The number of thiazole rings is 1. The highest BCUT2D eigenvalue weighted by Gasteiger charge is 2.34. The van der Waals surface area contributed by atoms with Gasteiger partial charge in [0.25, 0.3) is 10.0 Å². The molecule has 3 rings (SSSR count). The quantitative estimate of drug-likeness (QED) is 0.717. The molecule has 3 aromatic rings. The normalized spacial score (nSPS) is 12.7. The van der Waals surface area contributed by atoms with E-state index in [2.05, 4.69) is 9.97 Å². The lowest BCUT2D eigenvalue weighted by atomic mass is 10.2. The first-order valence-electron chi connectivity index (χ1n) is 5.99. The van der Waals surface area contributed by atoms with Crippen molar-refractivity contribution in [3.05, 3.63) is 40.5 Å². The molecule has 5 nitrogen and oxygen atoms in total. The second-order valence-corrected chi connectivity index (χ2v) is 7.59. The highest BCUT2D eigenvalue weighted by atomic mass is 35.5. The van der Waals surface area contributed by atoms with Crippen LogP contribution in [0.4, 0.5) is 18.3 Å². The first-order valence-corrected chi connectivity index (χ1v) is 8.67. The van der Waals surface area contributed by atoms with Crippen molar-refractivity contribution in [2.24, 2.45) is 0 Å². The van der Waals surface area contributed by atoms with Gasteiger partial charge in [0.15, 0.2) is 5.13 Å². The first-order chi connectivity index (χ1) is 10.7.